The maximum atomic E-state index is 13.5. The molecule has 0 saturated heterocycles. The molecular formula is C25H20O7S3. The second-order valence-corrected chi connectivity index (χ2v) is 13.0. The highest BCUT2D eigenvalue weighted by molar-refractivity contribution is 7.92. The molecule has 0 N–H and O–H groups in total. The van der Waals surface area contributed by atoms with Gasteiger partial charge in [-0.1, -0.05) is 54.1 Å². The van der Waals surface area contributed by atoms with Crippen LogP contribution in [0.3, 0.4) is 0 Å². The third-order valence-corrected chi connectivity index (χ3v) is 9.94. The highest BCUT2D eigenvalue weighted by Gasteiger charge is 2.29. The minimum atomic E-state index is -4.41. The van der Waals surface area contributed by atoms with Crippen molar-refractivity contribution in [2.75, 3.05) is 0 Å². The van der Waals surface area contributed by atoms with E-state index in [4.69, 9.17) is 4.18 Å². The monoisotopic (exact) mass is 528 g/mol. The third kappa shape index (κ3) is 5.00. The number of hydrogen-bond donors (Lipinski definition) is 0. The van der Waals surface area contributed by atoms with Crippen LogP contribution in [0.25, 0.3) is 0 Å². The van der Waals surface area contributed by atoms with Crippen molar-refractivity contribution < 1.29 is 29.4 Å². The van der Waals surface area contributed by atoms with Gasteiger partial charge in [0.25, 0.3) is 0 Å². The lowest BCUT2D eigenvalue weighted by atomic mass is 10.2. The van der Waals surface area contributed by atoms with Gasteiger partial charge < -0.3 is 4.18 Å². The van der Waals surface area contributed by atoms with Gasteiger partial charge in [0.2, 0.25) is 19.7 Å². The normalized spacial score (nSPS) is 12.3. The predicted octanol–water partition coefficient (Wildman–Crippen LogP) is 4.43. The largest absolute Gasteiger partial charge is 0.378 e. The van der Waals surface area contributed by atoms with E-state index < -0.39 is 40.4 Å². The fraction of sp³-hybridized carbons (Fsp3) is 0.0400. The molecule has 0 radical (unpaired) electrons. The van der Waals surface area contributed by atoms with Crippen LogP contribution in [0.15, 0.2) is 128 Å². The van der Waals surface area contributed by atoms with Crippen LogP contribution in [0, 0.1) is 6.92 Å². The molecule has 0 fully saturated rings. The summed E-state index contributed by atoms with van der Waals surface area (Å²) in [5.74, 6) is -0.513. The second kappa shape index (κ2) is 9.29. The number of sulfone groups is 2. The smallest absolute Gasteiger partial charge is 0.339 e. The van der Waals surface area contributed by atoms with Crippen molar-refractivity contribution in [2.24, 2.45) is 0 Å². The molecule has 0 heterocycles. The first kappa shape index (κ1) is 24.6. The molecule has 0 spiro atoms. The van der Waals surface area contributed by atoms with E-state index in [0.29, 0.717) is 0 Å². The fourth-order valence-electron chi connectivity index (χ4n) is 3.27. The Hall–Kier alpha value is -3.47. The van der Waals surface area contributed by atoms with Gasteiger partial charge in [0, 0.05) is 0 Å². The van der Waals surface area contributed by atoms with Gasteiger partial charge in [0.1, 0.15) is 9.79 Å². The van der Waals surface area contributed by atoms with Crippen molar-refractivity contribution in [3.05, 3.63) is 109 Å². The van der Waals surface area contributed by atoms with Gasteiger partial charge in [0.05, 0.1) is 14.7 Å². The Balaban J connectivity index is 1.89. The third-order valence-electron chi connectivity index (χ3n) is 5.13. The molecule has 0 aromatic heterocycles. The van der Waals surface area contributed by atoms with Crippen molar-refractivity contribution in [1.29, 1.82) is 0 Å². The molecule has 0 aliphatic heterocycles. The summed E-state index contributed by atoms with van der Waals surface area (Å²) in [4.78, 5) is -1.27. The molecule has 35 heavy (non-hydrogen) atoms. The maximum absolute atomic E-state index is 13.5. The predicted molar refractivity (Wildman–Crippen MR) is 129 cm³/mol. The summed E-state index contributed by atoms with van der Waals surface area (Å²) in [6, 6.07) is 23.7. The van der Waals surface area contributed by atoms with E-state index in [2.05, 4.69) is 0 Å². The highest BCUT2D eigenvalue weighted by Crippen LogP contribution is 2.35. The molecule has 7 nitrogen and oxygen atoms in total. The summed E-state index contributed by atoms with van der Waals surface area (Å²) in [7, 11) is -12.8. The summed E-state index contributed by atoms with van der Waals surface area (Å²) in [6.45, 7) is 1.79. The molecule has 0 amide bonds. The number of rotatable bonds is 7. The molecule has 4 rings (SSSR count). The summed E-state index contributed by atoms with van der Waals surface area (Å²) in [6.07, 6.45) is 0. The minimum absolute atomic E-state index is 0.0380. The van der Waals surface area contributed by atoms with Crippen molar-refractivity contribution in [3.8, 4) is 5.75 Å². The number of hydrogen-bond acceptors (Lipinski definition) is 7. The lowest BCUT2D eigenvalue weighted by molar-refractivity contribution is 0.478. The Bertz CT molecular complexity index is 1680. The Kier molecular flexibility index (Phi) is 6.54. The van der Waals surface area contributed by atoms with Gasteiger partial charge in [0.15, 0.2) is 5.75 Å². The van der Waals surface area contributed by atoms with Crippen LogP contribution in [-0.2, 0) is 29.8 Å². The van der Waals surface area contributed by atoms with Crippen LogP contribution in [-0.4, -0.2) is 25.3 Å². The molecular weight excluding hydrogens is 508 g/mol. The Morgan fingerprint density at radius 2 is 1.00 bits per heavy atom. The lowest BCUT2D eigenvalue weighted by Gasteiger charge is -2.14. The molecule has 0 aliphatic rings. The Morgan fingerprint density at radius 1 is 0.514 bits per heavy atom. The molecule has 0 unspecified atom stereocenters. The van der Waals surface area contributed by atoms with Crippen molar-refractivity contribution in [3.63, 3.8) is 0 Å². The fourth-order valence-corrected chi connectivity index (χ4v) is 7.08. The molecule has 4 aromatic rings. The van der Waals surface area contributed by atoms with E-state index >= 15 is 0 Å². The Labute approximate surface area is 204 Å². The topological polar surface area (TPSA) is 112 Å². The first-order chi connectivity index (χ1) is 16.5. The van der Waals surface area contributed by atoms with Crippen molar-refractivity contribution in [1.82, 2.24) is 0 Å². The quantitative estimate of drug-likeness (QED) is 0.326. The van der Waals surface area contributed by atoms with E-state index in [-0.39, 0.29) is 19.6 Å². The first-order valence-electron chi connectivity index (χ1n) is 10.3. The average Bonchev–Trinajstić information content (AvgIpc) is 2.85. The number of aryl methyl sites for hydroxylation is 1. The van der Waals surface area contributed by atoms with Gasteiger partial charge in [-0.2, -0.15) is 8.42 Å². The van der Waals surface area contributed by atoms with E-state index in [0.717, 1.165) is 23.8 Å². The zero-order valence-electron chi connectivity index (χ0n) is 18.4. The van der Waals surface area contributed by atoms with E-state index in [1.807, 2.05) is 0 Å². The van der Waals surface area contributed by atoms with Gasteiger partial charge >= 0.3 is 10.1 Å². The zero-order chi connectivity index (χ0) is 25.3. The molecule has 0 atom stereocenters. The SMILES string of the molecule is Cc1ccc(S(=O)(=O)Oc2ccc(S(=O)(=O)c3ccccc3)cc2S(=O)(=O)c2ccccc2)cc1. The van der Waals surface area contributed by atoms with E-state index in [1.54, 1.807) is 43.3 Å². The van der Waals surface area contributed by atoms with E-state index in [1.165, 1.54) is 48.5 Å². The van der Waals surface area contributed by atoms with Crippen LogP contribution in [0.2, 0.25) is 0 Å². The summed E-state index contributed by atoms with van der Waals surface area (Å²) in [5.41, 5.74) is 0.826. The molecule has 0 saturated carbocycles. The number of benzene rings is 4. The summed E-state index contributed by atoms with van der Waals surface area (Å²) < 4.78 is 84.3. The Morgan fingerprint density at radius 3 is 1.54 bits per heavy atom. The average molecular weight is 529 g/mol. The summed E-state index contributed by atoms with van der Waals surface area (Å²) >= 11 is 0. The van der Waals surface area contributed by atoms with Crippen LogP contribution in [0.4, 0.5) is 0 Å². The van der Waals surface area contributed by atoms with Crippen LogP contribution >= 0.6 is 0 Å². The second-order valence-electron chi connectivity index (χ2n) is 7.59. The molecule has 4 aromatic carbocycles. The van der Waals surface area contributed by atoms with Crippen LogP contribution in [0.5, 0.6) is 5.75 Å². The zero-order valence-corrected chi connectivity index (χ0v) is 20.8. The molecule has 0 aliphatic carbocycles. The van der Waals surface area contributed by atoms with Crippen molar-refractivity contribution in [2.45, 2.75) is 31.4 Å². The van der Waals surface area contributed by atoms with Gasteiger partial charge in [-0.05, 0) is 61.5 Å². The van der Waals surface area contributed by atoms with Crippen molar-refractivity contribution >= 4 is 29.8 Å². The molecule has 180 valence electrons. The van der Waals surface area contributed by atoms with Gasteiger partial charge in [-0.25, -0.2) is 16.8 Å². The standard InChI is InChI=1S/C25H20O7S3/c1-19-12-14-22(15-13-19)35(30,31)32-24-17-16-23(33(26,27)20-8-4-2-5-9-20)18-25(24)34(28,29)21-10-6-3-7-11-21/h2-18H,1H3. The highest BCUT2D eigenvalue weighted by atomic mass is 32.2. The van der Waals surface area contributed by atoms with Gasteiger partial charge in [-0.15, -0.1) is 0 Å². The van der Waals surface area contributed by atoms with E-state index in [9.17, 15) is 25.3 Å². The summed E-state index contributed by atoms with van der Waals surface area (Å²) in [5, 5.41) is 0. The first-order valence-corrected chi connectivity index (χ1v) is 14.6. The molecule has 0 bridgehead atoms. The van der Waals surface area contributed by atoms with Gasteiger partial charge in [-0.3, -0.25) is 0 Å². The lowest BCUT2D eigenvalue weighted by Crippen LogP contribution is -2.14. The van der Waals surface area contributed by atoms with Crippen LogP contribution in [0.1, 0.15) is 5.56 Å². The minimum Gasteiger partial charge on any atom is -0.378 e. The molecule has 10 heteroatoms. The maximum Gasteiger partial charge on any atom is 0.339 e. The van der Waals surface area contributed by atoms with Crippen LogP contribution < -0.4 is 4.18 Å².